The fourth-order valence-electron chi connectivity index (χ4n) is 13.5. The van der Waals surface area contributed by atoms with Crippen LogP contribution in [0.5, 0.6) is 0 Å². The number of fused-ring (bicyclic) bond motifs is 7. The van der Waals surface area contributed by atoms with Crippen molar-refractivity contribution in [2.75, 3.05) is 6.54 Å². The molecular formula is C42H67NO5. The summed E-state index contributed by atoms with van der Waals surface area (Å²) in [6, 6.07) is 0.661. The molecule has 0 radical (unpaired) electrons. The number of carboxylic acid groups (broad SMARTS) is 1. The largest absolute Gasteiger partial charge is 0.481 e. The molecule has 0 unspecified atom stereocenters. The number of esters is 1. The molecule has 6 aliphatic rings. The average molecular weight is 666 g/mol. The van der Waals surface area contributed by atoms with Crippen LogP contribution < -0.4 is 5.32 Å². The molecule has 5 saturated carbocycles. The van der Waals surface area contributed by atoms with E-state index in [2.05, 4.69) is 53.8 Å². The number of ketones is 1. The number of nitrogens with one attached hydrogen (secondary N) is 1. The van der Waals surface area contributed by atoms with Crippen molar-refractivity contribution in [1.29, 1.82) is 0 Å². The number of allylic oxidation sites excluding steroid dienone is 2. The van der Waals surface area contributed by atoms with Gasteiger partial charge in [-0.3, -0.25) is 14.4 Å². The first-order valence-corrected chi connectivity index (χ1v) is 19.8. The first-order valence-electron chi connectivity index (χ1n) is 19.8. The van der Waals surface area contributed by atoms with Gasteiger partial charge in [-0.25, -0.2) is 0 Å². The van der Waals surface area contributed by atoms with Crippen LogP contribution in [0.4, 0.5) is 0 Å². The second-order valence-corrected chi connectivity index (χ2v) is 19.9. The Kier molecular flexibility index (Phi) is 9.20. The van der Waals surface area contributed by atoms with E-state index < -0.39 is 11.4 Å². The number of aliphatic carboxylic acids is 1. The van der Waals surface area contributed by atoms with Crippen LogP contribution in [0.2, 0.25) is 0 Å². The van der Waals surface area contributed by atoms with Gasteiger partial charge in [-0.2, -0.15) is 0 Å². The van der Waals surface area contributed by atoms with E-state index in [1.807, 2.05) is 0 Å². The molecule has 6 nitrogen and oxygen atoms in total. The minimum Gasteiger partial charge on any atom is -0.481 e. The smallest absolute Gasteiger partial charge is 0.309 e. The summed E-state index contributed by atoms with van der Waals surface area (Å²) in [5, 5.41) is 13.5. The van der Waals surface area contributed by atoms with E-state index in [1.54, 1.807) is 19.4 Å². The third kappa shape index (κ3) is 5.47. The summed E-state index contributed by atoms with van der Waals surface area (Å²) >= 11 is 0. The predicted octanol–water partition coefficient (Wildman–Crippen LogP) is 9.30. The molecule has 0 aromatic rings. The number of Topliss-reactive ketones (excluding diaryl/α,β-unsaturated/α-hetero) is 1. The Hall–Kier alpha value is -1.69. The van der Waals surface area contributed by atoms with Crippen LogP contribution in [0.3, 0.4) is 0 Å². The molecule has 5 fully saturated rings. The molecule has 2 N–H and O–H groups in total. The van der Waals surface area contributed by atoms with E-state index >= 15 is 0 Å². The zero-order valence-corrected chi connectivity index (χ0v) is 31.9. The lowest BCUT2D eigenvalue weighted by atomic mass is 9.33. The molecule has 6 aliphatic carbocycles. The zero-order valence-electron chi connectivity index (χ0n) is 31.9. The van der Waals surface area contributed by atoms with Crippen molar-refractivity contribution in [1.82, 2.24) is 5.32 Å². The molecule has 8 atom stereocenters. The Morgan fingerprint density at radius 2 is 1.58 bits per heavy atom. The van der Waals surface area contributed by atoms with Gasteiger partial charge in [0.2, 0.25) is 0 Å². The van der Waals surface area contributed by atoms with E-state index in [0.717, 1.165) is 45.1 Å². The third-order valence-electron chi connectivity index (χ3n) is 16.3. The Bertz CT molecular complexity index is 1340. The second-order valence-electron chi connectivity index (χ2n) is 19.9. The summed E-state index contributed by atoms with van der Waals surface area (Å²) in [4.78, 5) is 38.7. The SMILES string of the molecule is CC(C)C1=C2[C@H]3CC[C@@H]4[C@@]5(C)CC[C@H](OC(=O)CC(C)(C)C(=O)O)C(C)(C)[C@H]5CC[C@@]4(C)[C@]3(C)CC[C@@]2(CCNC2CCCC2)CC1=O. The summed E-state index contributed by atoms with van der Waals surface area (Å²) in [5.41, 5.74) is 1.99. The Morgan fingerprint density at radius 1 is 0.896 bits per heavy atom. The van der Waals surface area contributed by atoms with E-state index in [-0.39, 0.29) is 51.5 Å². The molecule has 0 bridgehead atoms. The van der Waals surface area contributed by atoms with E-state index in [9.17, 15) is 19.5 Å². The maximum atomic E-state index is 13.9. The number of carbonyl (C=O) groups is 3. The molecular weight excluding hydrogens is 598 g/mol. The quantitative estimate of drug-likeness (QED) is 0.239. The maximum Gasteiger partial charge on any atom is 0.309 e. The van der Waals surface area contributed by atoms with Crippen LogP contribution in [-0.2, 0) is 19.1 Å². The van der Waals surface area contributed by atoms with Gasteiger partial charge in [0.25, 0.3) is 0 Å². The topological polar surface area (TPSA) is 92.7 Å². The zero-order chi connectivity index (χ0) is 35.1. The number of rotatable bonds is 9. The van der Waals surface area contributed by atoms with Crippen molar-refractivity contribution >= 4 is 17.7 Å². The summed E-state index contributed by atoms with van der Waals surface area (Å²) in [5.74, 6) is 0.860. The fourth-order valence-corrected chi connectivity index (χ4v) is 13.5. The summed E-state index contributed by atoms with van der Waals surface area (Å²) in [6.45, 7) is 21.2. The molecule has 0 aromatic carbocycles. The standard InChI is InChI=1S/C42H67NO5/c1-26(2)34-29(44)24-42(22-23-43-27-12-10-11-13-27)21-20-40(8)28(35(34)42)14-15-31-39(7)18-17-32(48-33(45)25-37(3,4)36(46)47)38(5,6)30(39)16-19-41(31,40)9/h26-28,30-32,43H,10-25H2,1-9H3,(H,46,47)/t28-,30-,31-,32+,39+,40-,41-,42-/m1/s1. The Balaban J connectivity index is 1.26. The van der Waals surface area contributed by atoms with Gasteiger partial charge >= 0.3 is 11.9 Å². The first-order chi connectivity index (χ1) is 22.3. The van der Waals surface area contributed by atoms with Crippen LogP contribution in [0.15, 0.2) is 11.1 Å². The van der Waals surface area contributed by atoms with Crippen molar-refractivity contribution in [2.45, 2.75) is 171 Å². The van der Waals surface area contributed by atoms with Gasteiger partial charge in [-0.1, -0.05) is 66.9 Å². The molecule has 0 heterocycles. The maximum absolute atomic E-state index is 13.9. The summed E-state index contributed by atoms with van der Waals surface area (Å²) in [6.07, 6.45) is 15.7. The predicted molar refractivity (Wildman–Crippen MR) is 190 cm³/mol. The van der Waals surface area contributed by atoms with Gasteiger partial charge in [0, 0.05) is 23.3 Å². The van der Waals surface area contributed by atoms with Crippen molar-refractivity contribution in [2.24, 2.45) is 56.2 Å². The van der Waals surface area contributed by atoms with Gasteiger partial charge in [0.1, 0.15) is 6.10 Å². The number of carboxylic acids is 1. The van der Waals surface area contributed by atoms with Crippen molar-refractivity contribution in [3.63, 3.8) is 0 Å². The molecule has 0 aromatic heterocycles. The lowest BCUT2D eigenvalue weighted by Crippen LogP contribution is -2.65. The Labute approximate surface area is 291 Å². The van der Waals surface area contributed by atoms with Crippen molar-refractivity contribution < 1.29 is 24.2 Å². The fraction of sp³-hybridized carbons (Fsp3) is 0.881. The molecule has 0 aliphatic heterocycles. The highest BCUT2D eigenvalue weighted by Crippen LogP contribution is 2.77. The van der Waals surface area contributed by atoms with Gasteiger partial charge in [-0.15, -0.1) is 0 Å². The highest BCUT2D eigenvalue weighted by molar-refractivity contribution is 6.00. The van der Waals surface area contributed by atoms with Gasteiger partial charge in [0.05, 0.1) is 11.8 Å². The summed E-state index contributed by atoms with van der Waals surface area (Å²) in [7, 11) is 0. The lowest BCUT2D eigenvalue weighted by Gasteiger charge is -2.72. The van der Waals surface area contributed by atoms with Gasteiger partial charge in [-0.05, 0) is 137 Å². The van der Waals surface area contributed by atoms with Crippen molar-refractivity contribution in [3.8, 4) is 0 Å². The number of carbonyl (C=O) groups excluding carboxylic acids is 2. The highest BCUT2D eigenvalue weighted by atomic mass is 16.5. The number of ether oxygens (including phenoxy) is 1. The average Bonchev–Trinajstić information content (AvgIpc) is 3.60. The summed E-state index contributed by atoms with van der Waals surface area (Å²) < 4.78 is 6.18. The molecule has 6 heteroatoms. The number of hydrogen-bond acceptors (Lipinski definition) is 5. The van der Waals surface area contributed by atoms with Gasteiger partial charge in [0.15, 0.2) is 5.78 Å². The van der Waals surface area contributed by atoms with Crippen LogP contribution in [0.1, 0.15) is 159 Å². The molecule has 6 rings (SSSR count). The van der Waals surface area contributed by atoms with E-state index in [4.69, 9.17) is 4.74 Å². The molecule has 48 heavy (non-hydrogen) atoms. The molecule has 0 saturated heterocycles. The minimum atomic E-state index is -1.13. The number of hydrogen-bond donors (Lipinski definition) is 2. The minimum absolute atomic E-state index is 0.0376. The van der Waals surface area contributed by atoms with Crippen molar-refractivity contribution in [3.05, 3.63) is 11.1 Å². The normalized spacial score (nSPS) is 41.1. The van der Waals surface area contributed by atoms with Crippen LogP contribution in [-0.4, -0.2) is 41.5 Å². The molecule has 0 spiro atoms. The lowest BCUT2D eigenvalue weighted by molar-refractivity contribution is -0.233. The first kappa shape index (κ1) is 36.1. The van der Waals surface area contributed by atoms with Gasteiger partial charge < -0.3 is 15.2 Å². The third-order valence-corrected chi connectivity index (χ3v) is 16.3. The van der Waals surface area contributed by atoms with Crippen LogP contribution >= 0.6 is 0 Å². The van der Waals surface area contributed by atoms with E-state index in [1.165, 1.54) is 56.9 Å². The van der Waals surface area contributed by atoms with Crippen LogP contribution in [0.25, 0.3) is 0 Å². The second kappa shape index (κ2) is 12.2. The molecule has 270 valence electrons. The Morgan fingerprint density at radius 3 is 2.23 bits per heavy atom. The van der Waals surface area contributed by atoms with Crippen LogP contribution in [0, 0.1) is 56.2 Å². The van der Waals surface area contributed by atoms with E-state index in [0.29, 0.717) is 29.6 Å². The highest BCUT2D eigenvalue weighted by Gasteiger charge is 2.70. The molecule has 0 amide bonds. The monoisotopic (exact) mass is 666 g/mol.